The number of ether oxygens (including phenoxy) is 1. The maximum Gasteiger partial charge on any atom is 0.274 e. The van der Waals surface area contributed by atoms with E-state index in [0.29, 0.717) is 23.9 Å². The number of imidazole rings is 1. The molecular formula is C27H30FN3O2. The third-order valence-electron chi connectivity index (χ3n) is 7.11. The molecule has 2 aromatic carbocycles. The van der Waals surface area contributed by atoms with Gasteiger partial charge in [-0.25, -0.2) is 9.37 Å². The Balaban J connectivity index is 1.23. The minimum Gasteiger partial charge on any atom is -0.496 e. The van der Waals surface area contributed by atoms with Gasteiger partial charge in [0.1, 0.15) is 23.1 Å². The number of likely N-dealkylation sites (tertiary alicyclic amines) is 1. The van der Waals surface area contributed by atoms with Gasteiger partial charge in [0, 0.05) is 43.7 Å². The van der Waals surface area contributed by atoms with Crippen molar-refractivity contribution in [1.82, 2.24) is 14.5 Å². The van der Waals surface area contributed by atoms with Gasteiger partial charge in [0.05, 0.1) is 7.11 Å². The van der Waals surface area contributed by atoms with Crippen LogP contribution in [0.25, 0.3) is 0 Å². The average molecular weight is 448 g/mol. The molecule has 0 saturated carbocycles. The van der Waals surface area contributed by atoms with E-state index in [0.717, 1.165) is 56.6 Å². The highest BCUT2D eigenvalue weighted by molar-refractivity contribution is 5.92. The van der Waals surface area contributed by atoms with Crippen molar-refractivity contribution < 1.29 is 13.9 Å². The predicted molar refractivity (Wildman–Crippen MR) is 125 cm³/mol. The summed E-state index contributed by atoms with van der Waals surface area (Å²) in [6.07, 6.45) is 6.62. The standard InChI is InChI=1S/C27H30FN3O2/c1-33-25-9-8-22(28)16-23(25)21-7-10-26-29-24(18-31(26)17-21)27(32)30-13-11-20(12-14-30)15-19-5-3-2-4-6-19/h2-6,8-9,16,18,20-21H,7,10-15,17H2,1H3. The van der Waals surface area contributed by atoms with E-state index in [9.17, 15) is 9.18 Å². The molecule has 0 spiro atoms. The van der Waals surface area contributed by atoms with Crippen LogP contribution in [0.4, 0.5) is 4.39 Å². The Bertz CT molecular complexity index is 1120. The highest BCUT2D eigenvalue weighted by Gasteiger charge is 2.29. The van der Waals surface area contributed by atoms with Crippen LogP contribution in [0, 0.1) is 11.7 Å². The monoisotopic (exact) mass is 447 g/mol. The third kappa shape index (κ3) is 4.65. The van der Waals surface area contributed by atoms with Crippen molar-refractivity contribution in [1.29, 1.82) is 0 Å². The fraction of sp³-hybridized carbons (Fsp3) is 0.407. The second-order valence-electron chi connectivity index (χ2n) is 9.24. The van der Waals surface area contributed by atoms with E-state index in [1.165, 1.54) is 11.6 Å². The summed E-state index contributed by atoms with van der Waals surface area (Å²) in [7, 11) is 1.61. The Kier molecular flexibility index (Phi) is 6.16. The van der Waals surface area contributed by atoms with Crippen molar-refractivity contribution in [3.05, 3.63) is 83.2 Å². The van der Waals surface area contributed by atoms with Gasteiger partial charge < -0.3 is 14.2 Å². The Morgan fingerprint density at radius 3 is 2.67 bits per heavy atom. The first-order valence-electron chi connectivity index (χ1n) is 11.8. The normalized spacial score (nSPS) is 18.7. The van der Waals surface area contributed by atoms with Crippen LogP contribution in [-0.4, -0.2) is 40.6 Å². The summed E-state index contributed by atoms with van der Waals surface area (Å²) >= 11 is 0. The van der Waals surface area contributed by atoms with E-state index >= 15 is 0 Å². The summed E-state index contributed by atoms with van der Waals surface area (Å²) in [5, 5.41) is 0. The number of rotatable bonds is 5. The molecule has 6 heteroatoms. The van der Waals surface area contributed by atoms with Crippen molar-refractivity contribution >= 4 is 5.91 Å². The zero-order chi connectivity index (χ0) is 22.8. The lowest BCUT2D eigenvalue weighted by atomic mass is 9.90. The summed E-state index contributed by atoms with van der Waals surface area (Å²) in [6, 6.07) is 15.3. The van der Waals surface area contributed by atoms with Crippen LogP contribution in [0.5, 0.6) is 5.75 Å². The van der Waals surface area contributed by atoms with Gasteiger partial charge in [-0.15, -0.1) is 0 Å². The largest absolute Gasteiger partial charge is 0.496 e. The van der Waals surface area contributed by atoms with Crippen LogP contribution >= 0.6 is 0 Å². The van der Waals surface area contributed by atoms with Crippen LogP contribution in [0.15, 0.2) is 54.7 Å². The second kappa shape index (κ2) is 9.38. The molecule has 5 nitrogen and oxygen atoms in total. The summed E-state index contributed by atoms with van der Waals surface area (Å²) < 4.78 is 21.4. The van der Waals surface area contributed by atoms with E-state index in [-0.39, 0.29) is 17.6 Å². The predicted octanol–water partition coefficient (Wildman–Crippen LogP) is 4.86. The van der Waals surface area contributed by atoms with Gasteiger partial charge in [-0.2, -0.15) is 0 Å². The fourth-order valence-electron chi connectivity index (χ4n) is 5.27. The summed E-state index contributed by atoms with van der Waals surface area (Å²) in [4.78, 5) is 19.8. The van der Waals surface area contributed by atoms with Gasteiger partial charge >= 0.3 is 0 Å². The van der Waals surface area contributed by atoms with Crippen molar-refractivity contribution in [2.75, 3.05) is 20.2 Å². The maximum absolute atomic E-state index is 13.9. The van der Waals surface area contributed by atoms with Gasteiger partial charge in [0.15, 0.2) is 0 Å². The minimum absolute atomic E-state index is 0.0231. The van der Waals surface area contributed by atoms with E-state index in [1.807, 2.05) is 17.2 Å². The number of piperidine rings is 1. The Hall–Kier alpha value is -3.15. The number of aromatic nitrogens is 2. The Labute approximate surface area is 194 Å². The lowest BCUT2D eigenvalue weighted by Gasteiger charge is -2.31. The molecule has 0 aliphatic carbocycles. The molecule has 1 fully saturated rings. The molecule has 1 amide bonds. The number of carbonyl (C=O) groups is 1. The van der Waals surface area contributed by atoms with Crippen molar-refractivity contribution in [2.45, 2.75) is 44.6 Å². The molecule has 1 unspecified atom stereocenters. The number of benzene rings is 2. The zero-order valence-electron chi connectivity index (χ0n) is 19.0. The number of hydrogen-bond donors (Lipinski definition) is 0. The number of aryl methyl sites for hydroxylation is 1. The molecule has 0 bridgehead atoms. The van der Waals surface area contributed by atoms with Gasteiger partial charge in [0.25, 0.3) is 5.91 Å². The number of methoxy groups -OCH3 is 1. The second-order valence-corrected chi connectivity index (χ2v) is 9.24. The first-order valence-corrected chi connectivity index (χ1v) is 11.8. The van der Waals surface area contributed by atoms with E-state index in [4.69, 9.17) is 4.74 Å². The van der Waals surface area contributed by atoms with Crippen LogP contribution in [0.1, 0.15) is 52.6 Å². The molecule has 0 N–H and O–H groups in total. The molecule has 3 heterocycles. The number of amides is 1. The lowest BCUT2D eigenvalue weighted by molar-refractivity contribution is 0.0685. The molecule has 2 aliphatic rings. The number of carbonyl (C=O) groups excluding carboxylic acids is 1. The Morgan fingerprint density at radius 1 is 1.12 bits per heavy atom. The quantitative estimate of drug-likeness (QED) is 0.561. The SMILES string of the molecule is COc1ccc(F)cc1C1CCc2nc(C(=O)N3CCC(Cc4ccccc4)CC3)cn2C1. The summed E-state index contributed by atoms with van der Waals surface area (Å²) in [5.74, 6) is 2.16. The number of fused-ring (bicyclic) bond motifs is 1. The zero-order valence-corrected chi connectivity index (χ0v) is 19.0. The van der Waals surface area contributed by atoms with E-state index < -0.39 is 0 Å². The molecular weight excluding hydrogens is 417 g/mol. The van der Waals surface area contributed by atoms with Crippen LogP contribution in [0.3, 0.4) is 0 Å². The first kappa shape index (κ1) is 21.7. The lowest BCUT2D eigenvalue weighted by Crippen LogP contribution is -2.39. The first-order chi connectivity index (χ1) is 16.1. The van der Waals surface area contributed by atoms with Gasteiger partial charge in [-0.3, -0.25) is 4.79 Å². The van der Waals surface area contributed by atoms with Gasteiger partial charge in [0.2, 0.25) is 0 Å². The fourth-order valence-corrected chi connectivity index (χ4v) is 5.27. The molecule has 33 heavy (non-hydrogen) atoms. The van der Waals surface area contributed by atoms with E-state index in [2.05, 4.69) is 33.8 Å². The molecule has 1 saturated heterocycles. The molecule has 1 aromatic heterocycles. The molecule has 172 valence electrons. The number of halogens is 1. The van der Waals surface area contributed by atoms with E-state index in [1.54, 1.807) is 19.2 Å². The average Bonchev–Trinajstić information content (AvgIpc) is 3.28. The number of nitrogens with zero attached hydrogens (tertiary/aromatic N) is 3. The Morgan fingerprint density at radius 2 is 1.91 bits per heavy atom. The molecule has 5 rings (SSSR count). The molecule has 1 atom stereocenters. The third-order valence-corrected chi connectivity index (χ3v) is 7.11. The minimum atomic E-state index is -0.256. The smallest absolute Gasteiger partial charge is 0.274 e. The van der Waals surface area contributed by atoms with Crippen molar-refractivity contribution in [3.8, 4) is 5.75 Å². The highest BCUT2D eigenvalue weighted by Crippen LogP contribution is 2.35. The molecule has 2 aliphatic heterocycles. The van der Waals surface area contributed by atoms with Gasteiger partial charge in [-0.1, -0.05) is 30.3 Å². The number of hydrogen-bond acceptors (Lipinski definition) is 3. The van der Waals surface area contributed by atoms with Crippen LogP contribution in [0.2, 0.25) is 0 Å². The van der Waals surface area contributed by atoms with Crippen LogP contribution in [-0.2, 0) is 19.4 Å². The molecule has 3 aromatic rings. The summed E-state index contributed by atoms with van der Waals surface area (Å²) in [5.41, 5.74) is 2.78. The van der Waals surface area contributed by atoms with Crippen LogP contribution < -0.4 is 4.74 Å². The van der Waals surface area contributed by atoms with Crippen molar-refractivity contribution in [2.24, 2.45) is 5.92 Å². The molecule has 0 radical (unpaired) electrons. The summed E-state index contributed by atoms with van der Waals surface area (Å²) in [6.45, 7) is 2.23. The highest BCUT2D eigenvalue weighted by atomic mass is 19.1. The maximum atomic E-state index is 13.9. The van der Waals surface area contributed by atoms with Gasteiger partial charge in [-0.05, 0) is 55.4 Å². The topological polar surface area (TPSA) is 47.4 Å². The van der Waals surface area contributed by atoms with Crippen molar-refractivity contribution in [3.63, 3.8) is 0 Å².